The second kappa shape index (κ2) is 6.06. The van der Waals surface area contributed by atoms with Crippen molar-refractivity contribution in [2.45, 2.75) is 19.4 Å². The van der Waals surface area contributed by atoms with E-state index in [4.69, 9.17) is 0 Å². The van der Waals surface area contributed by atoms with E-state index in [9.17, 15) is 0 Å². The summed E-state index contributed by atoms with van der Waals surface area (Å²) in [5.41, 5.74) is 1.29. The molecule has 0 fully saturated rings. The fourth-order valence-electron chi connectivity index (χ4n) is 2.67. The van der Waals surface area contributed by atoms with Gasteiger partial charge in [-0.1, -0.05) is 43.3 Å². The van der Waals surface area contributed by atoms with Crippen LogP contribution in [0.15, 0.2) is 48.8 Å². The average molecular weight is 280 g/mol. The maximum atomic E-state index is 4.34. The molecule has 0 radical (unpaired) electrons. The Morgan fingerprint density at radius 2 is 1.95 bits per heavy atom. The first-order chi connectivity index (χ1) is 10.3. The maximum Gasteiger partial charge on any atom is 0.138 e. The molecule has 0 bridgehead atoms. The molecule has 1 aromatic heterocycles. The Hall–Kier alpha value is -2.20. The van der Waals surface area contributed by atoms with Gasteiger partial charge in [-0.05, 0) is 28.9 Å². The lowest BCUT2D eigenvalue weighted by atomic mass is 9.99. The number of hydrogen-bond donors (Lipinski definition) is 1. The molecule has 0 saturated carbocycles. The molecule has 0 aliphatic carbocycles. The van der Waals surface area contributed by atoms with Crippen LogP contribution in [0, 0.1) is 0 Å². The van der Waals surface area contributed by atoms with Crippen molar-refractivity contribution in [3.63, 3.8) is 0 Å². The molecule has 4 heteroatoms. The smallest absolute Gasteiger partial charge is 0.138 e. The van der Waals surface area contributed by atoms with Gasteiger partial charge in [0.1, 0.15) is 12.2 Å². The SMILES string of the molecule is CCNC(Cc1ncnn1C)c1ccc2ccccc2c1. The summed E-state index contributed by atoms with van der Waals surface area (Å²) in [5, 5.41) is 10.2. The highest BCUT2D eigenvalue weighted by Crippen LogP contribution is 2.22. The Balaban J connectivity index is 1.93. The second-order valence-electron chi connectivity index (χ2n) is 5.22. The van der Waals surface area contributed by atoms with Crippen LogP contribution < -0.4 is 5.32 Å². The Labute approximate surface area is 124 Å². The van der Waals surface area contributed by atoms with Crippen molar-refractivity contribution in [3.8, 4) is 0 Å². The summed E-state index contributed by atoms with van der Waals surface area (Å²) < 4.78 is 1.84. The molecule has 3 rings (SSSR count). The van der Waals surface area contributed by atoms with Crippen LogP contribution in [0.5, 0.6) is 0 Å². The van der Waals surface area contributed by atoms with Gasteiger partial charge in [0.15, 0.2) is 0 Å². The van der Waals surface area contributed by atoms with Crippen molar-refractivity contribution in [1.82, 2.24) is 20.1 Å². The van der Waals surface area contributed by atoms with Crippen LogP contribution in [0.25, 0.3) is 10.8 Å². The van der Waals surface area contributed by atoms with Crippen LogP contribution in [0.3, 0.4) is 0 Å². The van der Waals surface area contributed by atoms with E-state index in [2.05, 4.69) is 64.8 Å². The molecule has 4 nitrogen and oxygen atoms in total. The fraction of sp³-hybridized carbons (Fsp3) is 0.294. The summed E-state index contributed by atoms with van der Waals surface area (Å²) in [6.07, 6.45) is 2.45. The highest BCUT2D eigenvalue weighted by Gasteiger charge is 2.14. The summed E-state index contributed by atoms with van der Waals surface area (Å²) in [4.78, 5) is 4.34. The number of aryl methyl sites for hydroxylation is 1. The van der Waals surface area contributed by atoms with Gasteiger partial charge in [-0.15, -0.1) is 0 Å². The van der Waals surface area contributed by atoms with Crippen LogP contribution in [0.2, 0.25) is 0 Å². The van der Waals surface area contributed by atoms with E-state index >= 15 is 0 Å². The van der Waals surface area contributed by atoms with Crippen molar-refractivity contribution in [3.05, 3.63) is 60.2 Å². The Kier molecular flexibility index (Phi) is 3.97. The summed E-state index contributed by atoms with van der Waals surface area (Å²) >= 11 is 0. The first-order valence-electron chi connectivity index (χ1n) is 7.33. The predicted molar refractivity (Wildman–Crippen MR) is 85.1 cm³/mol. The molecular weight excluding hydrogens is 260 g/mol. The third-order valence-electron chi connectivity index (χ3n) is 3.82. The molecule has 0 aliphatic heterocycles. The first-order valence-corrected chi connectivity index (χ1v) is 7.33. The third-order valence-corrected chi connectivity index (χ3v) is 3.82. The van der Waals surface area contributed by atoms with Gasteiger partial charge in [-0.3, -0.25) is 4.68 Å². The maximum absolute atomic E-state index is 4.34. The van der Waals surface area contributed by atoms with Crippen molar-refractivity contribution in [1.29, 1.82) is 0 Å². The minimum absolute atomic E-state index is 0.252. The van der Waals surface area contributed by atoms with Gasteiger partial charge in [-0.2, -0.15) is 5.10 Å². The Morgan fingerprint density at radius 1 is 1.14 bits per heavy atom. The molecule has 21 heavy (non-hydrogen) atoms. The van der Waals surface area contributed by atoms with Gasteiger partial charge < -0.3 is 5.32 Å². The van der Waals surface area contributed by atoms with E-state index in [-0.39, 0.29) is 6.04 Å². The third kappa shape index (κ3) is 2.95. The highest BCUT2D eigenvalue weighted by atomic mass is 15.3. The van der Waals surface area contributed by atoms with E-state index in [1.165, 1.54) is 16.3 Å². The fourth-order valence-corrected chi connectivity index (χ4v) is 2.67. The van der Waals surface area contributed by atoms with Crippen molar-refractivity contribution >= 4 is 10.8 Å². The molecular formula is C17H20N4. The first kappa shape index (κ1) is 13.8. The van der Waals surface area contributed by atoms with Gasteiger partial charge in [0.2, 0.25) is 0 Å². The number of likely N-dealkylation sites (N-methyl/N-ethyl adjacent to an activating group) is 1. The van der Waals surface area contributed by atoms with Crippen LogP contribution >= 0.6 is 0 Å². The Morgan fingerprint density at radius 3 is 2.67 bits per heavy atom. The quantitative estimate of drug-likeness (QED) is 0.781. The lowest BCUT2D eigenvalue weighted by molar-refractivity contribution is 0.522. The number of nitrogens with one attached hydrogen (secondary N) is 1. The topological polar surface area (TPSA) is 42.7 Å². The Bertz CT molecular complexity index is 732. The van der Waals surface area contributed by atoms with E-state index in [0.29, 0.717) is 0 Å². The monoisotopic (exact) mass is 280 g/mol. The van der Waals surface area contributed by atoms with Crippen LogP contribution in [-0.2, 0) is 13.5 Å². The summed E-state index contributed by atoms with van der Waals surface area (Å²) in [5.74, 6) is 0.995. The number of fused-ring (bicyclic) bond motifs is 1. The molecule has 1 heterocycles. The minimum Gasteiger partial charge on any atom is -0.310 e. The second-order valence-corrected chi connectivity index (χ2v) is 5.22. The van der Waals surface area contributed by atoms with Crippen molar-refractivity contribution in [2.75, 3.05) is 6.54 Å². The lowest BCUT2D eigenvalue weighted by Gasteiger charge is -2.18. The van der Waals surface area contributed by atoms with E-state index in [1.807, 2.05) is 11.7 Å². The zero-order valence-electron chi connectivity index (χ0n) is 12.5. The number of benzene rings is 2. The van der Waals surface area contributed by atoms with Crippen LogP contribution in [0.4, 0.5) is 0 Å². The van der Waals surface area contributed by atoms with Crippen molar-refractivity contribution in [2.24, 2.45) is 7.05 Å². The van der Waals surface area contributed by atoms with Gasteiger partial charge in [0.05, 0.1) is 0 Å². The largest absolute Gasteiger partial charge is 0.310 e. The van der Waals surface area contributed by atoms with E-state index in [0.717, 1.165) is 18.8 Å². The molecule has 3 aromatic rings. The van der Waals surface area contributed by atoms with Crippen LogP contribution in [-0.4, -0.2) is 21.3 Å². The summed E-state index contributed by atoms with van der Waals surface area (Å²) in [7, 11) is 1.94. The molecule has 2 aromatic carbocycles. The molecule has 1 atom stereocenters. The number of aromatic nitrogens is 3. The van der Waals surface area contributed by atoms with Crippen molar-refractivity contribution < 1.29 is 0 Å². The van der Waals surface area contributed by atoms with Gasteiger partial charge in [0.25, 0.3) is 0 Å². The minimum atomic E-state index is 0.252. The van der Waals surface area contributed by atoms with Gasteiger partial charge >= 0.3 is 0 Å². The van der Waals surface area contributed by atoms with E-state index < -0.39 is 0 Å². The number of hydrogen-bond acceptors (Lipinski definition) is 3. The molecule has 1 unspecified atom stereocenters. The number of nitrogens with zero attached hydrogens (tertiary/aromatic N) is 3. The molecule has 0 saturated heterocycles. The number of rotatable bonds is 5. The standard InChI is InChI=1S/C17H20N4/c1-3-18-16(11-17-19-12-20-21(17)2)15-9-8-13-6-4-5-7-14(13)10-15/h4-10,12,16,18H,3,11H2,1-2H3. The molecule has 1 N–H and O–H groups in total. The molecule has 0 aliphatic rings. The molecule has 108 valence electrons. The normalized spacial score (nSPS) is 12.7. The summed E-state index contributed by atoms with van der Waals surface area (Å²) in [6, 6.07) is 15.4. The van der Waals surface area contributed by atoms with Gasteiger partial charge in [0, 0.05) is 19.5 Å². The zero-order chi connectivity index (χ0) is 14.7. The molecule has 0 amide bonds. The summed E-state index contributed by atoms with van der Waals surface area (Å²) in [6.45, 7) is 3.06. The van der Waals surface area contributed by atoms with E-state index in [1.54, 1.807) is 6.33 Å². The highest BCUT2D eigenvalue weighted by molar-refractivity contribution is 5.83. The van der Waals surface area contributed by atoms with Crippen LogP contribution in [0.1, 0.15) is 24.4 Å². The molecule has 0 spiro atoms. The predicted octanol–water partition coefficient (Wildman–Crippen LogP) is 2.86. The average Bonchev–Trinajstić information content (AvgIpc) is 2.91. The lowest BCUT2D eigenvalue weighted by Crippen LogP contribution is -2.24. The van der Waals surface area contributed by atoms with Gasteiger partial charge in [-0.25, -0.2) is 4.98 Å². The zero-order valence-corrected chi connectivity index (χ0v) is 12.5.